The van der Waals surface area contributed by atoms with Crippen molar-refractivity contribution >= 4 is 23.5 Å². The Morgan fingerprint density at radius 1 is 1.00 bits per heavy atom. The first-order valence-corrected chi connectivity index (χ1v) is 13.6. The lowest BCUT2D eigenvalue weighted by atomic mass is 9.81. The zero-order valence-electron chi connectivity index (χ0n) is 21.7. The topological polar surface area (TPSA) is 95.9 Å². The molecule has 7 nitrogen and oxygen atoms in total. The Labute approximate surface area is 219 Å². The third-order valence-corrected chi connectivity index (χ3v) is 7.70. The van der Waals surface area contributed by atoms with Crippen molar-refractivity contribution in [3.05, 3.63) is 59.7 Å². The summed E-state index contributed by atoms with van der Waals surface area (Å²) in [5, 5.41) is 12.6. The Hall–Kier alpha value is -3.35. The first-order chi connectivity index (χ1) is 17.9. The zero-order valence-corrected chi connectivity index (χ0v) is 21.7. The van der Waals surface area contributed by atoms with E-state index in [9.17, 15) is 19.5 Å². The van der Waals surface area contributed by atoms with Gasteiger partial charge < -0.3 is 20.1 Å². The normalized spacial score (nSPS) is 20.3. The SMILES string of the molecule is CCOC(=O)[C@@H]1CCC[C@H](C(=O)Nc2ccc(C3CCN(C(=O)CCc4cccc(O)c4)CC3)cc2)C1. The van der Waals surface area contributed by atoms with Gasteiger partial charge in [-0.25, -0.2) is 0 Å². The zero-order chi connectivity index (χ0) is 26.2. The molecule has 2 fully saturated rings. The average molecular weight is 507 g/mol. The summed E-state index contributed by atoms with van der Waals surface area (Å²) in [7, 11) is 0. The maximum Gasteiger partial charge on any atom is 0.308 e. The monoisotopic (exact) mass is 506 g/mol. The largest absolute Gasteiger partial charge is 0.508 e. The van der Waals surface area contributed by atoms with E-state index in [1.54, 1.807) is 25.1 Å². The smallest absolute Gasteiger partial charge is 0.308 e. The van der Waals surface area contributed by atoms with Crippen LogP contribution in [0.4, 0.5) is 5.69 Å². The summed E-state index contributed by atoms with van der Waals surface area (Å²) in [6.07, 6.45) is 5.91. The van der Waals surface area contributed by atoms with Gasteiger partial charge in [-0.05, 0) is 86.8 Å². The van der Waals surface area contributed by atoms with Crippen molar-refractivity contribution < 1.29 is 24.2 Å². The lowest BCUT2D eigenvalue weighted by molar-refractivity contribution is -0.150. The first kappa shape index (κ1) is 26.7. The number of esters is 1. The number of nitrogens with one attached hydrogen (secondary N) is 1. The number of phenolic OH excluding ortho intramolecular Hbond substituents is 1. The Balaban J connectivity index is 1.22. The third kappa shape index (κ3) is 7.34. The van der Waals surface area contributed by atoms with Gasteiger partial charge in [-0.15, -0.1) is 0 Å². The molecular formula is C30H38N2O5. The van der Waals surface area contributed by atoms with Gasteiger partial charge in [0.15, 0.2) is 0 Å². The Morgan fingerprint density at radius 3 is 2.43 bits per heavy atom. The van der Waals surface area contributed by atoms with Crippen molar-refractivity contribution in [2.24, 2.45) is 11.8 Å². The minimum Gasteiger partial charge on any atom is -0.508 e. The van der Waals surface area contributed by atoms with E-state index in [0.29, 0.717) is 31.8 Å². The highest BCUT2D eigenvalue weighted by Crippen LogP contribution is 2.32. The van der Waals surface area contributed by atoms with Crippen LogP contribution in [0.1, 0.15) is 68.9 Å². The first-order valence-electron chi connectivity index (χ1n) is 13.6. The summed E-state index contributed by atoms with van der Waals surface area (Å²) in [5.74, 6) is 0.214. The molecule has 2 aromatic carbocycles. The molecule has 1 aliphatic carbocycles. The Morgan fingerprint density at radius 2 is 1.73 bits per heavy atom. The predicted molar refractivity (Wildman–Crippen MR) is 142 cm³/mol. The number of phenols is 1. The number of aryl methyl sites for hydroxylation is 1. The van der Waals surface area contributed by atoms with Crippen LogP contribution >= 0.6 is 0 Å². The van der Waals surface area contributed by atoms with Crippen molar-refractivity contribution in [2.45, 2.75) is 64.2 Å². The average Bonchev–Trinajstić information content (AvgIpc) is 2.92. The van der Waals surface area contributed by atoms with E-state index in [-0.39, 0.29) is 35.4 Å². The van der Waals surface area contributed by atoms with Gasteiger partial charge in [-0.2, -0.15) is 0 Å². The second kappa shape index (κ2) is 12.7. The fraction of sp³-hybridized carbons (Fsp3) is 0.500. The van der Waals surface area contributed by atoms with E-state index in [0.717, 1.165) is 56.4 Å². The van der Waals surface area contributed by atoms with Gasteiger partial charge in [0.25, 0.3) is 0 Å². The number of hydrogen-bond donors (Lipinski definition) is 2. The molecule has 4 rings (SSSR count). The van der Waals surface area contributed by atoms with Gasteiger partial charge >= 0.3 is 5.97 Å². The standard InChI is InChI=1S/C30H38N2O5/c1-2-37-30(36)25-7-4-6-24(20-25)29(35)31-26-12-10-22(11-13-26)23-15-17-32(18-16-23)28(34)14-9-21-5-3-8-27(33)19-21/h3,5,8,10-13,19,23-25,33H,2,4,6-7,9,14-18,20H2,1H3,(H,31,35)/t24-,25+/m0/s1. The number of carbonyl (C=O) groups is 3. The Bertz CT molecular complexity index is 1080. The molecule has 0 bridgehead atoms. The second-order valence-corrected chi connectivity index (χ2v) is 10.2. The molecule has 7 heteroatoms. The van der Waals surface area contributed by atoms with Crippen molar-refractivity contribution in [1.82, 2.24) is 4.90 Å². The number of rotatable bonds is 8. The van der Waals surface area contributed by atoms with E-state index in [1.807, 2.05) is 23.1 Å². The van der Waals surface area contributed by atoms with Crippen LogP contribution in [0.5, 0.6) is 5.75 Å². The molecule has 37 heavy (non-hydrogen) atoms. The molecule has 2 atom stereocenters. The van der Waals surface area contributed by atoms with Crippen LogP contribution in [0, 0.1) is 11.8 Å². The molecule has 198 valence electrons. The number of nitrogens with zero attached hydrogens (tertiary/aromatic N) is 1. The number of piperidine rings is 1. The van der Waals surface area contributed by atoms with Gasteiger partial charge in [0.1, 0.15) is 5.75 Å². The minimum atomic E-state index is -0.186. The number of hydrogen-bond acceptors (Lipinski definition) is 5. The highest BCUT2D eigenvalue weighted by atomic mass is 16.5. The lowest BCUT2D eigenvalue weighted by Gasteiger charge is -2.32. The molecule has 2 aromatic rings. The minimum absolute atomic E-state index is 0.0284. The Kier molecular flexibility index (Phi) is 9.20. The van der Waals surface area contributed by atoms with E-state index >= 15 is 0 Å². The molecule has 0 spiro atoms. The van der Waals surface area contributed by atoms with E-state index < -0.39 is 0 Å². The van der Waals surface area contributed by atoms with Crippen LogP contribution in [-0.2, 0) is 25.5 Å². The molecule has 0 radical (unpaired) electrons. The van der Waals surface area contributed by atoms with Gasteiger partial charge in [0.05, 0.1) is 12.5 Å². The lowest BCUT2D eigenvalue weighted by Crippen LogP contribution is -2.38. The molecule has 2 N–H and O–H groups in total. The number of aromatic hydroxyl groups is 1. The van der Waals surface area contributed by atoms with E-state index in [2.05, 4.69) is 17.4 Å². The molecule has 2 amide bonds. The van der Waals surface area contributed by atoms with Crippen molar-refractivity contribution in [3.8, 4) is 5.75 Å². The number of likely N-dealkylation sites (tertiary alicyclic amines) is 1. The second-order valence-electron chi connectivity index (χ2n) is 10.2. The number of anilines is 1. The highest BCUT2D eigenvalue weighted by Gasteiger charge is 2.32. The summed E-state index contributed by atoms with van der Waals surface area (Å²) < 4.78 is 5.15. The molecule has 0 aromatic heterocycles. The maximum absolute atomic E-state index is 12.8. The van der Waals surface area contributed by atoms with Gasteiger partial charge in [0.2, 0.25) is 11.8 Å². The molecule has 2 aliphatic rings. The van der Waals surface area contributed by atoms with Crippen molar-refractivity contribution in [3.63, 3.8) is 0 Å². The number of amides is 2. The summed E-state index contributed by atoms with van der Waals surface area (Å²) in [5.41, 5.74) is 2.97. The fourth-order valence-corrected chi connectivity index (χ4v) is 5.57. The fourth-order valence-electron chi connectivity index (χ4n) is 5.57. The quantitative estimate of drug-likeness (QED) is 0.489. The van der Waals surface area contributed by atoms with Crippen LogP contribution in [-0.4, -0.2) is 47.5 Å². The van der Waals surface area contributed by atoms with Crippen LogP contribution in [0.2, 0.25) is 0 Å². The van der Waals surface area contributed by atoms with Crippen molar-refractivity contribution in [1.29, 1.82) is 0 Å². The van der Waals surface area contributed by atoms with Crippen LogP contribution < -0.4 is 5.32 Å². The number of carbonyl (C=O) groups excluding carboxylic acids is 3. The van der Waals surface area contributed by atoms with Gasteiger partial charge in [0, 0.05) is 31.1 Å². The highest BCUT2D eigenvalue weighted by molar-refractivity contribution is 5.93. The third-order valence-electron chi connectivity index (χ3n) is 7.70. The maximum atomic E-state index is 12.8. The van der Waals surface area contributed by atoms with Crippen LogP contribution in [0.25, 0.3) is 0 Å². The van der Waals surface area contributed by atoms with Crippen molar-refractivity contribution in [2.75, 3.05) is 25.0 Å². The summed E-state index contributed by atoms with van der Waals surface area (Å²) in [4.78, 5) is 39.5. The van der Waals surface area contributed by atoms with Crippen LogP contribution in [0.15, 0.2) is 48.5 Å². The van der Waals surface area contributed by atoms with Gasteiger partial charge in [-0.1, -0.05) is 30.7 Å². The predicted octanol–water partition coefficient (Wildman–Crippen LogP) is 5.04. The van der Waals surface area contributed by atoms with Gasteiger partial charge in [-0.3, -0.25) is 14.4 Å². The number of benzene rings is 2. The number of ether oxygens (including phenoxy) is 1. The molecule has 1 saturated heterocycles. The van der Waals surface area contributed by atoms with E-state index in [1.165, 1.54) is 5.56 Å². The molecule has 1 heterocycles. The summed E-state index contributed by atoms with van der Waals surface area (Å²) >= 11 is 0. The molecule has 1 aliphatic heterocycles. The molecular weight excluding hydrogens is 468 g/mol. The summed E-state index contributed by atoms with van der Waals surface area (Å²) in [6.45, 7) is 3.66. The molecule has 1 saturated carbocycles. The summed E-state index contributed by atoms with van der Waals surface area (Å²) in [6, 6.07) is 15.1. The molecule has 0 unspecified atom stereocenters. The van der Waals surface area contributed by atoms with E-state index in [4.69, 9.17) is 4.74 Å². The van der Waals surface area contributed by atoms with Crippen LogP contribution in [0.3, 0.4) is 0 Å².